The van der Waals surface area contributed by atoms with E-state index in [1.807, 2.05) is 0 Å². The van der Waals surface area contributed by atoms with Crippen molar-refractivity contribution in [3.8, 4) is 0 Å². The van der Waals surface area contributed by atoms with E-state index in [2.05, 4.69) is 5.32 Å². The second-order valence-corrected chi connectivity index (χ2v) is 2.17. The first-order valence-electron chi connectivity index (χ1n) is 3.32. The fourth-order valence-corrected chi connectivity index (χ4v) is 0.982. The van der Waals surface area contributed by atoms with E-state index in [1.54, 1.807) is 0 Å². The van der Waals surface area contributed by atoms with Crippen molar-refractivity contribution in [3.63, 3.8) is 0 Å². The molecule has 0 unspecified atom stereocenters. The minimum atomic E-state index is -0.365. The number of rotatable bonds is 3. The minimum Gasteiger partial charge on any atom is -0.374 e. The number of nitrogens with one attached hydrogen (secondary N) is 1. The summed E-state index contributed by atoms with van der Waals surface area (Å²) in [6.07, 6.45) is 1.29. The number of alkyl halides is 1. The average molecular weight is 133 g/mol. The quantitative estimate of drug-likeness (QED) is 0.599. The lowest BCUT2D eigenvalue weighted by Crippen LogP contribution is -2.17. The molecule has 3 heteroatoms. The molecule has 2 nitrogen and oxygen atoms in total. The third-order valence-corrected chi connectivity index (χ3v) is 1.45. The predicted molar refractivity (Wildman–Crippen MR) is 33.2 cm³/mol. The van der Waals surface area contributed by atoms with Crippen LogP contribution in [0.2, 0.25) is 0 Å². The first-order valence-corrected chi connectivity index (χ1v) is 3.32. The Labute approximate surface area is 54.4 Å². The number of halogens is 1. The monoisotopic (exact) mass is 133 g/mol. The van der Waals surface area contributed by atoms with Crippen LogP contribution < -0.4 is 5.32 Å². The van der Waals surface area contributed by atoms with Crippen molar-refractivity contribution in [2.45, 2.75) is 12.5 Å². The molecule has 0 spiro atoms. The first-order chi connectivity index (χ1) is 4.43. The molecule has 0 saturated carbocycles. The number of hydrogen-bond donors (Lipinski definition) is 1. The summed E-state index contributed by atoms with van der Waals surface area (Å²) in [5.41, 5.74) is 0. The highest BCUT2D eigenvalue weighted by atomic mass is 19.1. The van der Waals surface area contributed by atoms with Gasteiger partial charge in [-0.15, -0.1) is 0 Å². The molecule has 1 aliphatic rings. The lowest BCUT2D eigenvalue weighted by atomic mass is 10.3. The van der Waals surface area contributed by atoms with Gasteiger partial charge < -0.3 is 10.1 Å². The molecule has 0 bridgehead atoms. The Morgan fingerprint density at radius 3 is 3.11 bits per heavy atom. The lowest BCUT2D eigenvalue weighted by Gasteiger charge is -2.06. The predicted octanol–water partition coefficient (Wildman–Crippen LogP) is 0.334. The van der Waals surface area contributed by atoms with Crippen LogP contribution in [-0.2, 0) is 4.74 Å². The fraction of sp³-hybridized carbons (Fsp3) is 1.00. The Morgan fingerprint density at radius 2 is 2.56 bits per heavy atom. The lowest BCUT2D eigenvalue weighted by molar-refractivity contribution is 0.0573. The zero-order valence-corrected chi connectivity index (χ0v) is 5.40. The molecule has 1 rings (SSSR count). The Balaban J connectivity index is 1.98. The van der Waals surface area contributed by atoms with Gasteiger partial charge in [-0.3, -0.25) is 0 Å². The maximum atomic E-state index is 11.5. The van der Waals surface area contributed by atoms with Gasteiger partial charge in [-0.2, -0.15) is 0 Å². The van der Waals surface area contributed by atoms with E-state index in [0.29, 0.717) is 0 Å². The third-order valence-electron chi connectivity index (χ3n) is 1.45. The molecule has 1 N–H and O–H groups in total. The molecule has 1 aliphatic heterocycles. The SMILES string of the molecule is FCCO[C@H]1CCNC1. The van der Waals surface area contributed by atoms with E-state index in [4.69, 9.17) is 4.74 Å². The van der Waals surface area contributed by atoms with Gasteiger partial charge in [-0.1, -0.05) is 0 Å². The minimum absolute atomic E-state index is 0.256. The molecule has 0 aromatic carbocycles. The highest BCUT2D eigenvalue weighted by molar-refractivity contribution is 4.70. The molecule has 1 atom stereocenters. The number of ether oxygens (including phenoxy) is 1. The smallest absolute Gasteiger partial charge is 0.113 e. The van der Waals surface area contributed by atoms with Crippen molar-refractivity contribution in [3.05, 3.63) is 0 Å². The Hall–Kier alpha value is -0.150. The van der Waals surface area contributed by atoms with Crippen molar-refractivity contribution in [2.75, 3.05) is 26.4 Å². The Bertz CT molecular complexity index is 73.5. The molecular formula is C6H12FNO. The van der Waals surface area contributed by atoms with Crippen LogP contribution in [0.3, 0.4) is 0 Å². The molecule has 0 aliphatic carbocycles. The summed E-state index contributed by atoms with van der Waals surface area (Å²) < 4.78 is 16.6. The Kier molecular flexibility index (Phi) is 2.94. The molecule has 0 amide bonds. The van der Waals surface area contributed by atoms with Crippen molar-refractivity contribution < 1.29 is 9.13 Å². The van der Waals surface area contributed by atoms with Crippen LogP contribution in [0.15, 0.2) is 0 Å². The summed E-state index contributed by atoms with van der Waals surface area (Å²) in [5, 5.41) is 3.13. The summed E-state index contributed by atoms with van der Waals surface area (Å²) in [5.74, 6) is 0. The van der Waals surface area contributed by atoms with E-state index in [1.165, 1.54) is 0 Å². The van der Waals surface area contributed by atoms with E-state index in [0.717, 1.165) is 19.5 Å². The normalized spacial score (nSPS) is 27.0. The highest BCUT2D eigenvalue weighted by Crippen LogP contribution is 2.01. The Morgan fingerprint density at radius 1 is 1.67 bits per heavy atom. The van der Waals surface area contributed by atoms with Crippen molar-refractivity contribution in [1.82, 2.24) is 5.32 Å². The molecule has 1 heterocycles. The molecular weight excluding hydrogens is 121 g/mol. The van der Waals surface area contributed by atoms with Gasteiger partial charge >= 0.3 is 0 Å². The summed E-state index contributed by atoms with van der Waals surface area (Å²) in [7, 11) is 0. The average Bonchev–Trinajstić information content (AvgIpc) is 2.34. The molecule has 0 aromatic rings. The van der Waals surface area contributed by atoms with Crippen LogP contribution in [0, 0.1) is 0 Å². The van der Waals surface area contributed by atoms with Crippen LogP contribution in [-0.4, -0.2) is 32.5 Å². The fourth-order valence-electron chi connectivity index (χ4n) is 0.982. The van der Waals surface area contributed by atoms with E-state index >= 15 is 0 Å². The van der Waals surface area contributed by atoms with Gasteiger partial charge in [0.05, 0.1) is 12.7 Å². The molecule has 1 saturated heterocycles. The van der Waals surface area contributed by atoms with E-state index in [-0.39, 0.29) is 19.4 Å². The third kappa shape index (κ3) is 2.28. The first kappa shape index (κ1) is 6.96. The number of hydrogen-bond acceptors (Lipinski definition) is 2. The summed E-state index contributed by atoms with van der Waals surface area (Å²) >= 11 is 0. The molecule has 1 fully saturated rings. The second-order valence-electron chi connectivity index (χ2n) is 2.17. The van der Waals surface area contributed by atoms with Crippen LogP contribution in [0.25, 0.3) is 0 Å². The van der Waals surface area contributed by atoms with Gasteiger partial charge in [0.2, 0.25) is 0 Å². The topological polar surface area (TPSA) is 21.3 Å². The van der Waals surface area contributed by atoms with Gasteiger partial charge in [0, 0.05) is 6.54 Å². The van der Waals surface area contributed by atoms with Crippen LogP contribution in [0.5, 0.6) is 0 Å². The van der Waals surface area contributed by atoms with Crippen LogP contribution in [0.1, 0.15) is 6.42 Å². The van der Waals surface area contributed by atoms with E-state index < -0.39 is 0 Å². The van der Waals surface area contributed by atoms with Crippen LogP contribution in [0.4, 0.5) is 4.39 Å². The molecule has 9 heavy (non-hydrogen) atoms. The maximum Gasteiger partial charge on any atom is 0.113 e. The van der Waals surface area contributed by atoms with Gasteiger partial charge in [0.25, 0.3) is 0 Å². The maximum absolute atomic E-state index is 11.5. The van der Waals surface area contributed by atoms with Crippen molar-refractivity contribution in [2.24, 2.45) is 0 Å². The van der Waals surface area contributed by atoms with Gasteiger partial charge in [-0.25, -0.2) is 4.39 Å². The largest absolute Gasteiger partial charge is 0.374 e. The van der Waals surface area contributed by atoms with Crippen LogP contribution >= 0.6 is 0 Å². The van der Waals surface area contributed by atoms with Gasteiger partial charge in [0.15, 0.2) is 0 Å². The summed E-state index contributed by atoms with van der Waals surface area (Å²) in [6.45, 7) is 1.79. The zero-order valence-electron chi connectivity index (χ0n) is 5.40. The van der Waals surface area contributed by atoms with E-state index in [9.17, 15) is 4.39 Å². The highest BCUT2D eigenvalue weighted by Gasteiger charge is 2.13. The molecule has 0 radical (unpaired) electrons. The van der Waals surface area contributed by atoms with Gasteiger partial charge in [-0.05, 0) is 13.0 Å². The second kappa shape index (κ2) is 3.80. The standard InChI is InChI=1S/C6H12FNO/c7-2-4-9-6-1-3-8-5-6/h6,8H,1-5H2/t6-/m0/s1. The molecule has 54 valence electrons. The van der Waals surface area contributed by atoms with Crippen molar-refractivity contribution in [1.29, 1.82) is 0 Å². The molecule has 0 aromatic heterocycles. The summed E-state index contributed by atoms with van der Waals surface area (Å²) in [4.78, 5) is 0. The van der Waals surface area contributed by atoms with Gasteiger partial charge in [0.1, 0.15) is 6.67 Å². The zero-order chi connectivity index (χ0) is 6.53. The summed E-state index contributed by atoms with van der Waals surface area (Å²) in [6, 6.07) is 0. The van der Waals surface area contributed by atoms with Crippen molar-refractivity contribution >= 4 is 0 Å².